The lowest BCUT2D eigenvalue weighted by Gasteiger charge is -2.14. The van der Waals surface area contributed by atoms with Crippen LogP contribution in [0.3, 0.4) is 0 Å². The second kappa shape index (κ2) is 6.70. The molecule has 0 aromatic heterocycles. The maximum Gasteiger partial charge on any atom is 0.306 e. The van der Waals surface area contributed by atoms with Crippen molar-refractivity contribution in [2.45, 2.75) is 33.1 Å². The molecule has 0 saturated heterocycles. The monoisotopic (exact) mass is 292 g/mol. The van der Waals surface area contributed by atoms with E-state index in [2.05, 4.69) is 4.74 Å². The Hall–Kier alpha value is -0.620. The van der Waals surface area contributed by atoms with E-state index in [9.17, 15) is 13.2 Å². The Kier molecular flexibility index (Phi) is 5.80. The first-order valence-electron chi connectivity index (χ1n) is 6.64. The van der Waals surface area contributed by atoms with Crippen molar-refractivity contribution >= 4 is 15.8 Å². The van der Waals surface area contributed by atoms with Crippen LogP contribution in [0.4, 0.5) is 0 Å². The highest BCUT2D eigenvalue weighted by molar-refractivity contribution is 7.91. The molecule has 0 atom stereocenters. The Balaban J connectivity index is 2.36. The molecule has 0 heterocycles. The molecule has 19 heavy (non-hydrogen) atoms. The third kappa shape index (κ3) is 6.38. The van der Waals surface area contributed by atoms with Gasteiger partial charge in [-0.25, -0.2) is 8.42 Å². The van der Waals surface area contributed by atoms with E-state index >= 15 is 0 Å². The summed E-state index contributed by atoms with van der Waals surface area (Å²) in [7, 11) is -1.84. The third-order valence-electron chi connectivity index (χ3n) is 3.22. The van der Waals surface area contributed by atoms with Crippen LogP contribution in [0.15, 0.2) is 0 Å². The predicted octanol–water partition coefficient (Wildman–Crippen LogP) is 1.42. The second-order valence-corrected chi connectivity index (χ2v) is 8.00. The SMILES string of the molecule is COC(=O)CC1(CS(=O)(=O)CCOCC(C)C)CC1. The van der Waals surface area contributed by atoms with E-state index in [1.165, 1.54) is 7.11 Å². The van der Waals surface area contributed by atoms with Crippen LogP contribution < -0.4 is 0 Å². The number of hydrogen-bond acceptors (Lipinski definition) is 5. The lowest BCUT2D eigenvalue weighted by molar-refractivity contribution is -0.141. The van der Waals surface area contributed by atoms with Crippen LogP contribution in [0.1, 0.15) is 33.1 Å². The van der Waals surface area contributed by atoms with Gasteiger partial charge in [0.05, 0.1) is 31.6 Å². The zero-order valence-electron chi connectivity index (χ0n) is 12.0. The molecule has 5 nitrogen and oxygen atoms in total. The maximum absolute atomic E-state index is 12.0. The molecule has 112 valence electrons. The first-order valence-corrected chi connectivity index (χ1v) is 8.46. The number of rotatable bonds is 9. The summed E-state index contributed by atoms with van der Waals surface area (Å²) in [5.41, 5.74) is -0.371. The van der Waals surface area contributed by atoms with Crippen molar-refractivity contribution < 1.29 is 22.7 Å². The van der Waals surface area contributed by atoms with Crippen LogP contribution in [0, 0.1) is 11.3 Å². The summed E-state index contributed by atoms with van der Waals surface area (Å²) < 4.78 is 33.8. The highest BCUT2D eigenvalue weighted by atomic mass is 32.2. The zero-order chi connectivity index (χ0) is 14.5. The van der Waals surface area contributed by atoms with Gasteiger partial charge in [0.1, 0.15) is 0 Å². The molecule has 1 aliphatic carbocycles. The van der Waals surface area contributed by atoms with E-state index in [4.69, 9.17) is 4.74 Å². The fourth-order valence-electron chi connectivity index (χ4n) is 1.97. The quantitative estimate of drug-likeness (QED) is 0.475. The van der Waals surface area contributed by atoms with Crippen molar-refractivity contribution in [3.8, 4) is 0 Å². The Bertz CT molecular complexity index is 395. The summed E-state index contributed by atoms with van der Waals surface area (Å²) >= 11 is 0. The molecule has 0 unspecified atom stereocenters. The lowest BCUT2D eigenvalue weighted by atomic mass is 10.1. The minimum atomic E-state index is -3.16. The van der Waals surface area contributed by atoms with Crippen LogP contribution in [0.2, 0.25) is 0 Å². The van der Waals surface area contributed by atoms with Crippen LogP contribution >= 0.6 is 0 Å². The summed E-state index contributed by atoms with van der Waals surface area (Å²) in [6.07, 6.45) is 1.78. The standard InChI is InChI=1S/C13H24O5S/c1-11(2)9-18-6-7-19(15,16)10-13(4-5-13)8-12(14)17-3/h11H,4-10H2,1-3H3. The Morgan fingerprint density at radius 1 is 1.32 bits per heavy atom. The number of methoxy groups -OCH3 is 1. The predicted molar refractivity (Wildman–Crippen MR) is 72.6 cm³/mol. The molecule has 0 bridgehead atoms. The number of hydrogen-bond donors (Lipinski definition) is 0. The van der Waals surface area contributed by atoms with Crippen molar-refractivity contribution in [3.05, 3.63) is 0 Å². The van der Waals surface area contributed by atoms with E-state index in [0.717, 1.165) is 12.8 Å². The highest BCUT2D eigenvalue weighted by Gasteiger charge is 2.47. The summed E-state index contributed by atoms with van der Waals surface area (Å²) in [6.45, 7) is 4.84. The third-order valence-corrected chi connectivity index (χ3v) is 5.06. The molecular weight excluding hydrogens is 268 g/mol. The number of sulfone groups is 1. The summed E-state index contributed by atoms with van der Waals surface area (Å²) in [6, 6.07) is 0. The molecule has 0 aliphatic heterocycles. The van der Waals surface area contributed by atoms with E-state index in [0.29, 0.717) is 12.5 Å². The van der Waals surface area contributed by atoms with Crippen molar-refractivity contribution in [3.63, 3.8) is 0 Å². The molecule has 0 spiro atoms. The van der Waals surface area contributed by atoms with Crippen LogP contribution in [0.5, 0.6) is 0 Å². The lowest BCUT2D eigenvalue weighted by Crippen LogP contribution is -2.25. The van der Waals surface area contributed by atoms with Crippen molar-refractivity contribution in [1.82, 2.24) is 0 Å². The number of ether oxygens (including phenoxy) is 2. The largest absolute Gasteiger partial charge is 0.469 e. The Morgan fingerprint density at radius 3 is 2.42 bits per heavy atom. The molecule has 6 heteroatoms. The molecule has 0 aromatic carbocycles. The molecule has 1 fully saturated rings. The topological polar surface area (TPSA) is 69.7 Å². The maximum atomic E-state index is 12.0. The number of carbonyl (C=O) groups excluding carboxylic acids is 1. The van der Waals surface area contributed by atoms with Gasteiger partial charge in [-0.05, 0) is 24.2 Å². The van der Waals surface area contributed by atoms with Crippen LogP contribution in [-0.4, -0.2) is 46.2 Å². The van der Waals surface area contributed by atoms with E-state index < -0.39 is 9.84 Å². The Labute approximate surface area is 115 Å². The number of carbonyl (C=O) groups is 1. The van der Waals surface area contributed by atoms with E-state index in [1.807, 2.05) is 13.8 Å². The molecule has 0 aromatic rings. The normalized spacial score (nSPS) is 17.5. The first-order chi connectivity index (χ1) is 8.79. The molecule has 0 N–H and O–H groups in total. The van der Waals surface area contributed by atoms with Gasteiger partial charge in [-0.1, -0.05) is 13.8 Å². The van der Waals surface area contributed by atoms with Crippen molar-refractivity contribution in [2.24, 2.45) is 11.3 Å². The van der Waals surface area contributed by atoms with Gasteiger partial charge in [0.15, 0.2) is 9.84 Å². The van der Waals surface area contributed by atoms with Gasteiger partial charge in [0.25, 0.3) is 0 Å². The molecule has 0 amide bonds. The summed E-state index contributed by atoms with van der Waals surface area (Å²) in [5, 5.41) is 0. The molecule has 0 radical (unpaired) electrons. The average molecular weight is 292 g/mol. The fourth-order valence-corrected chi connectivity index (χ4v) is 3.81. The summed E-state index contributed by atoms with van der Waals surface area (Å²) in [4.78, 5) is 11.2. The molecule has 1 rings (SSSR count). The Morgan fingerprint density at radius 2 is 1.95 bits per heavy atom. The smallest absolute Gasteiger partial charge is 0.306 e. The summed E-state index contributed by atoms with van der Waals surface area (Å²) in [5.74, 6) is 0.170. The van der Waals surface area contributed by atoms with Gasteiger partial charge in [-0.3, -0.25) is 4.79 Å². The van der Waals surface area contributed by atoms with E-state index in [-0.39, 0.29) is 35.9 Å². The fraction of sp³-hybridized carbons (Fsp3) is 0.923. The van der Waals surface area contributed by atoms with Gasteiger partial charge in [0, 0.05) is 6.61 Å². The van der Waals surface area contributed by atoms with E-state index in [1.54, 1.807) is 0 Å². The van der Waals surface area contributed by atoms with Gasteiger partial charge in [-0.15, -0.1) is 0 Å². The van der Waals surface area contributed by atoms with Crippen LogP contribution in [0.25, 0.3) is 0 Å². The first kappa shape index (κ1) is 16.4. The zero-order valence-corrected chi connectivity index (χ0v) is 12.8. The average Bonchev–Trinajstić information content (AvgIpc) is 3.02. The van der Waals surface area contributed by atoms with Gasteiger partial charge >= 0.3 is 5.97 Å². The number of esters is 1. The van der Waals surface area contributed by atoms with Crippen molar-refractivity contribution in [2.75, 3.05) is 31.8 Å². The second-order valence-electron chi connectivity index (χ2n) is 5.81. The minimum absolute atomic E-state index is 0.0304. The molecule has 1 aliphatic rings. The van der Waals surface area contributed by atoms with Gasteiger partial charge < -0.3 is 9.47 Å². The van der Waals surface area contributed by atoms with Crippen molar-refractivity contribution in [1.29, 1.82) is 0 Å². The van der Waals surface area contributed by atoms with Gasteiger partial charge in [-0.2, -0.15) is 0 Å². The van der Waals surface area contributed by atoms with Crippen LogP contribution in [-0.2, 0) is 24.1 Å². The molecule has 1 saturated carbocycles. The highest BCUT2D eigenvalue weighted by Crippen LogP contribution is 2.50. The minimum Gasteiger partial charge on any atom is -0.469 e. The molecular formula is C13H24O5S. The van der Waals surface area contributed by atoms with Gasteiger partial charge in [0.2, 0.25) is 0 Å².